The second kappa shape index (κ2) is 24.9. The molecular formula is C24H46O4S2. The second-order valence-electron chi connectivity index (χ2n) is 8.06. The van der Waals surface area contributed by atoms with Crippen LogP contribution in [0.1, 0.15) is 122 Å². The van der Waals surface area contributed by atoms with Crippen molar-refractivity contribution < 1.29 is 19.4 Å². The van der Waals surface area contributed by atoms with Gasteiger partial charge in [0.2, 0.25) is 0 Å². The number of hydrogen-bond donors (Lipinski definition) is 1. The van der Waals surface area contributed by atoms with E-state index in [0.717, 1.165) is 12.8 Å². The van der Waals surface area contributed by atoms with Crippen molar-refractivity contribution in [2.45, 2.75) is 122 Å². The summed E-state index contributed by atoms with van der Waals surface area (Å²) in [6.07, 6.45) is 22.0. The molecular weight excluding hydrogens is 416 g/mol. The molecule has 0 aliphatic carbocycles. The predicted molar refractivity (Wildman–Crippen MR) is 132 cm³/mol. The standard InChI is InChI=1S/C24H46O4S2/c1-2-3-4-5-6-7-8-9-10-11-12-13-14-15-16-17-20-28-24(27)19-22-30-29-21-18-23(25)26/h2-22H2,1H3,(H,25,26). The number of hydrogen-bond acceptors (Lipinski definition) is 5. The molecule has 0 atom stereocenters. The van der Waals surface area contributed by atoms with E-state index in [-0.39, 0.29) is 12.4 Å². The monoisotopic (exact) mass is 462 g/mol. The summed E-state index contributed by atoms with van der Waals surface area (Å²) in [5, 5.41) is 8.54. The van der Waals surface area contributed by atoms with E-state index in [4.69, 9.17) is 9.84 Å². The SMILES string of the molecule is CCCCCCCCCCCCCCCCCCOC(=O)CCSSCCC(=O)O. The first-order valence-corrected chi connectivity index (χ1v) is 14.8. The molecule has 0 amide bonds. The number of esters is 1. The molecule has 0 unspecified atom stereocenters. The van der Waals surface area contributed by atoms with E-state index in [0.29, 0.717) is 24.5 Å². The molecule has 0 saturated heterocycles. The van der Waals surface area contributed by atoms with Crippen LogP contribution in [0.25, 0.3) is 0 Å². The van der Waals surface area contributed by atoms with Crippen molar-refractivity contribution in [3.05, 3.63) is 0 Å². The first-order chi connectivity index (χ1) is 14.7. The van der Waals surface area contributed by atoms with Crippen LogP contribution in [-0.2, 0) is 14.3 Å². The van der Waals surface area contributed by atoms with Crippen molar-refractivity contribution in [2.75, 3.05) is 18.1 Å². The lowest BCUT2D eigenvalue weighted by atomic mass is 10.0. The van der Waals surface area contributed by atoms with Gasteiger partial charge >= 0.3 is 11.9 Å². The fraction of sp³-hybridized carbons (Fsp3) is 0.917. The summed E-state index contributed by atoms with van der Waals surface area (Å²) in [7, 11) is 3.04. The summed E-state index contributed by atoms with van der Waals surface area (Å²) >= 11 is 0. The Morgan fingerprint density at radius 2 is 1.03 bits per heavy atom. The zero-order valence-electron chi connectivity index (χ0n) is 19.3. The van der Waals surface area contributed by atoms with Crippen molar-refractivity contribution in [2.24, 2.45) is 0 Å². The number of ether oxygens (including phenoxy) is 1. The minimum absolute atomic E-state index is 0.137. The fourth-order valence-corrected chi connectivity index (χ4v) is 5.23. The minimum atomic E-state index is -0.777. The molecule has 0 aromatic rings. The van der Waals surface area contributed by atoms with Crippen LogP contribution in [0, 0.1) is 0 Å². The zero-order valence-corrected chi connectivity index (χ0v) is 21.0. The molecule has 0 saturated carbocycles. The smallest absolute Gasteiger partial charge is 0.306 e. The molecule has 1 N–H and O–H groups in total. The maximum atomic E-state index is 11.6. The molecule has 0 aromatic heterocycles. The van der Waals surface area contributed by atoms with Crippen LogP contribution in [0.5, 0.6) is 0 Å². The Balaban J connectivity index is 3.13. The van der Waals surface area contributed by atoms with Gasteiger partial charge in [0.15, 0.2) is 0 Å². The third kappa shape index (κ3) is 25.7. The molecule has 0 aromatic carbocycles. The number of rotatable bonds is 24. The molecule has 30 heavy (non-hydrogen) atoms. The van der Waals surface area contributed by atoms with Crippen molar-refractivity contribution >= 4 is 33.5 Å². The molecule has 4 nitrogen and oxygen atoms in total. The van der Waals surface area contributed by atoms with Gasteiger partial charge in [-0.3, -0.25) is 9.59 Å². The lowest BCUT2D eigenvalue weighted by Crippen LogP contribution is -2.06. The Kier molecular flexibility index (Phi) is 24.6. The Bertz CT molecular complexity index is 391. The van der Waals surface area contributed by atoms with Crippen LogP contribution in [0.3, 0.4) is 0 Å². The summed E-state index contributed by atoms with van der Waals surface area (Å²) in [6.45, 7) is 2.81. The fourth-order valence-electron chi connectivity index (χ4n) is 3.28. The van der Waals surface area contributed by atoms with Gasteiger partial charge in [0.1, 0.15) is 0 Å². The first kappa shape index (κ1) is 29.6. The molecule has 0 radical (unpaired) electrons. The van der Waals surface area contributed by atoms with E-state index in [1.165, 1.54) is 101 Å². The molecule has 0 aliphatic rings. The Labute approximate surface area is 193 Å². The number of aliphatic carboxylic acids is 1. The van der Waals surface area contributed by atoms with Crippen molar-refractivity contribution in [1.82, 2.24) is 0 Å². The van der Waals surface area contributed by atoms with E-state index in [9.17, 15) is 9.59 Å². The van der Waals surface area contributed by atoms with Crippen molar-refractivity contribution in [3.8, 4) is 0 Å². The zero-order chi connectivity index (χ0) is 22.1. The highest BCUT2D eigenvalue weighted by molar-refractivity contribution is 8.76. The van der Waals surface area contributed by atoms with Crippen molar-refractivity contribution in [1.29, 1.82) is 0 Å². The Morgan fingerprint density at radius 1 is 0.633 bits per heavy atom. The summed E-state index contributed by atoms with van der Waals surface area (Å²) < 4.78 is 5.25. The van der Waals surface area contributed by atoms with Crippen molar-refractivity contribution in [3.63, 3.8) is 0 Å². The topological polar surface area (TPSA) is 63.6 Å². The summed E-state index contributed by atoms with van der Waals surface area (Å²) in [6, 6.07) is 0. The van der Waals surface area contributed by atoms with Crippen LogP contribution in [0.4, 0.5) is 0 Å². The van der Waals surface area contributed by atoms with Crippen LogP contribution in [-0.4, -0.2) is 35.2 Å². The number of carboxylic acids is 1. The quantitative estimate of drug-likeness (QED) is 0.0889. The predicted octanol–water partition coefficient (Wildman–Crippen LogP) is 8.04. The van der Waals surface area contributed by atoms with Gasteiger partial charge in [0.25, 0.3) is 0 Å². The van der Waals surface area contributed by atoms with Gasteiger partial charge in [-0.1, -0.05) is 125 Å². The van der Waals surface area contributed by atoms with Crippen LogP contribution in [0.2, 0.25) is 0 Å². The lowest BCUT2D eigenvalue weighted by molar-refractivity contribution is -0.143. The van der Waals surface area contributed by atoms with E-state index in [1.54, 1.807) is 10.8 Å². The highest BCUT2D eigenvalue weighted by atomic mass is 33.1. The van der Waals surface area contributed by atoms with Crippen LogP contribution >= 0.6 is 21.6 Å². The molecule has 0 rings (SSSR count). The average Bonchev–Trinajstić information content (AvgIpc) is 2.72. The number of carbonyl (C=O) groups is 2. The largest absolute Gasteiger partial charge is 0.481 e. The molecule has 0 fully saturated rings. The maximum Gasteiger partial charge on any atom is 0.306 e. The Morgan fingerprint density at radius 3 is 1.47 bits per heavy atom. The molecule has 178 valence electrons. The van der Waals surface area contributed by atoms with E-state index in [2.05, 4.69) is 6.92 Å². The van der Waals surface area contributed by atoms with E-state index in [1.807, 2.05) is 0 Å². The summed E-state index contributed by atoms with van der Waals surface area (Å²) in [5.74, 6) is 0.347. The van der Waals surface area contributed by atoms with Crippen LogP contribution < -0.4 is 0 Å². The number of carbonyl (C=O) groups excluding carboxylic acids is 1. The normalized spacial score (nSPS) is 11.0. The minimum Gasteiger partial charge on any atom is -0.481 e. The number of unbranched alkanes of at least 4 members (excludes halogenated alkanes) is 15. The summed E-state index contributed by atoms with van der Waals surface area (Å²) in [5.41, 5.74) is 0. The van der Waals surface area contributed by atoms with Gasteiger partial charge in [-0.15, -0.1) is 0 Å². The van der Waals surface area contributed by atoms with Crippen LogP contribution in [0.15, 0.2) is 0 Å². The maximum absolute atomic E-state index is 11.6. The van der Waals surface area contributed by atoms with Gasteiger partial charge in [-0.25, -0.2) is 0 Å². The highest BCUT2D eigenvalue weighted by Crippen LogP contribution is 2.22. The third-order valence-corrected chi connectivity index (χ3v) is 7.54. The van der Waals surface area contributed by atoms with Gasteiger partial charge in [-0.2, -0.15) is 0 Å². The second-order valence-corrected chi connectivity index (χ2v) is 10.8. The lowest BCUT2D eigenvalue weighted by Gasteiger charge is -2.05. The molecule has 0 bridgehead atoms. The molecule has 0 spiro atoms. The molecule has 0 heterocycles. The van der Waals surface area contributed by atoms with E-state index < -0.39 is 5.97 Å². The van der Waals surface area contributed by atoms with Gasteiger partial charge < -0.3 is 9.84 Å². The summed E-state index contributed by atoms with van der Waals surface area (Å²) in [4.78, 5) is 22.0. The highest BCUT2D eigenvalue weighted by Gasteiger charge is 2.04. The molecule has 6 heteroatoms. The van der Waals surface area contributed by atoms with Gasteiger partial charge in [-0.05, 0) is 6.42 Å². The molecule has 0 aliphatic heterocycles. The Hall–Kier alpha value is -0.360. The van der Waals surface area contributed by atoms with Gasteiger partial charge in [0.05, 0.1) is 19.4 Å². The third-order valence-electron chi connectivity index (χ3n) is 5.13. The van der Waals surface area contributed by atoms with Gasteiger partial charge in [0, 0.05) is 11.5 Å². The average molecular weight is 463 g/mol. The van der Waals surface area contributed by atoms with E-state index >= 15 is 0 Å². The number of carboxylic acid groups (broad SMARTS) is 1. The first-order valence-electron chi connectivity index (χ1n) is 12.3.